The van der Waals surface area contributed by atoms with Crippen molar-refractivity contribution in [2.24, 2.45) is 0 Å². The maximum Gasteiger partial charge on any atom is 0.335 e. The van der Waals surface area contributed by atoms with Gasteiger partial charge in [-0.3, -0.25) is 0 Å². The number of diazo groups is 1. The van der Waals surface area contributed by atoms with Gasteiger partial charge >= 0.3 is 15.2 Å². The average molecular weight is 242 g/mol. The van der Waals surface area contributed by atoms with Crippen LogP contribution < -0.4 is 0 Å². The predicted octanol–water partition coefficient (Wildman–Crippen LogP) is 1.71. The van der Waals surface area contributed by atoms with Crippen LogP contribution in [-0.2, 0) is 14.4 Å². The Labute approximate surface area is 94.1 Å². The summed E-state index contributed by atoms with van der Waals surface area (Å²) in [4.78, 5) is 0.0141. The molecule has 1 rings (SSSR count). The Morgan fingerprint density at radius 3 is 2.38 bits per heavy atom. The molecule has 0 fully saturated rings. The number of aryl methyl sites for hydroxylation is 1. The summed E-state index contributed by atoms with van der Waals surface area (Å²) in [5, 5.41) is 11.7. The van der Waals surface area contributed by atoms with Crippen molar-refractivity contribution >= 4 is 10.1 Å². The summed E-state index contributed by atoms with van der Waals surface area (Å²) >= 11 is 0. The van der Waals surface area contributed by atoms with E-state index in [1.165, 1.54) is 12.1 Å². The van der Waals surface area contributed by atoms with Gasteiger partial charge in [0.15, 0.2) is 0 Å². The van der Waals surface area contributed by atoms with Crippen LogP contribution in [-0.4, -0.2) is 20.1 Å². The number of hydroxylamine groups is 1. The van der Waals surface area contributed by atoms with Crippen LogP contribution >= 0.6 is 0 Å². The van der Waals surface area contributed by atoms with Crippen molar-refractivity contribution in [3.8, 4) is 0 Å². The lowest BCUT2D eigenvalue weighted by Gasteiger charge is -2.03. The van der Waals surface area contributed by atoms with Crippen LogP contribution in [0.1, 0.15) is 12.5 Å². The van der Waals surface area contributed by atoms with Crippen molar-refractivity contribution in [3.63, 3.8) is 0 Å². The number of hydrogen-bond donors (Lipinski definition) is 0. The van der Waals surface area contributed by atoms with E-state index in [-0.39, 0.29) is 11.4 Å². The van der Waals surface area contributed by atoms with Crippen LogP contribution in [0.2, 0.25) is 0 Å². The van der Waals surface area contributed by atoms with E-state index in [4.69, 9.17) is 5.39 Å². The zero-order chi connectivity index (χ0) is 12.2. The van der Waals surface area contributed by atoms with E-state index in [9.17, 15) is 8.42 Å². The lowest BCUT2D eigenvalue weighted by Crippen LogP contribution is -2.20. The van der Waals surface area contributed by atoms with Crippen molar-refractivity contribution < 1.29 is 12.7 Å². The van der Waals surface area contributed by atoms with Gasteiger partial charge in [-0.15, -0.1) is 0 Å². The van der Waals surface area contributed by atoms with Gasteiger partial charge in [0.25, 0.3) is 5.39 Å². The van der Waals surface area contributed by atoms with Gasteiger partial charge in [-0.1, -0.05) is 22.0 Å². The molecule has 7 heteroatoms. The van der Waals surface area contributed by atoms with Gasteiger partial charge in [0.1, 0.15) is 11.7 Å². The zero-order valence-electron chi connectivity index (χ0n) is 8.99. The summed E-state index contributed by atoms with van der Waals surface area (Å²) in [6.07, 6.45) is 0. The normalized spacial score (nSPS) is 10.8. The molecular weight excluding hydrogens is 230 g/mol. The Bertz CT molecular complexity index is 490. The highest BCUT2D eigenvalue weighted by atomic mass is 32.2. The van der Waals surface area contributed by atoms with E-state index in [1.807, 2.05) is 6.92 Å². The fourth-order valence-corrected chi connectivity index (χ4v) is 1.91. The lowest BCUT2D eigenvalue weighted by atomic mass is 10.2. The quantitative estimate of drug-likeness (QED) is 0.593. The van der Waals surface area contributed by atoms with Gasteiger partial charge in [0.2, 0.25) is 0 Å². The van der Waals surface area contributed by atoms with Crippen LogP contribution in [0.5, 0.6) is 0 Å². The van der Waals surface area contributed by atoms with Gasteiger partial charge < -0.3 is 0 Å². The third-order valence-corrected chi connectivity index (χ3v) is 3.08. The summed E-state index contributed by atoms with van der Waals surface area (Å²) in [5.41, 5.74) is 0.943. The number of rotatable bonds is 4. The van der Waals surface area contributed by atoms with Crippen molar-refractivity contribution in [1.82, 2.24) is 5.17 Å². The Kier molecular flexibility index (Phi) is 3.82. The van der Waals surface area contributed by atoms with Gasteiger partial charge in [0, 0.05) is 0 Å². The molecule has 0 aliphatic heterocycles. The van der Waals surface area contributed by atoms with Crippen molar-refractivity contribution in [2.45, 2.75) is 18.7 Å². The third kappa shape index (κ3) is 2.92. The second-order valence-electron chi connectivity index (χ2n) is 3.10. The molecule has 16 heavy (non-hydrogen) atoms. The van der Waals surface area contributed by atoms with Crippen molar-refractivity contribution in [2.75, 3.05) is 6.54 Å². The molecule has 1 aromatic rings. The summed E-state index contributed by atoms with van der Waals surface area (Å²) < 4.78 is 27.8. The molecule has 0 N–H and O–H groups in total. The van der Waals surface area contributed by atoms with E-state index in [0.717, 1.165) is 5.56 Å². The van der Waals surface area contributed by atoms with Gasteiger partial charge in [-0.05, 0) is 26.0 Å². The molecular formula is C9H12N3O3S+. The zero-order valence-corrected chi connectivity index (χ0v) is 9.81. The fourth-order valence-electron chi connectivity index (χ4n) is 0.992. The Morgan fingerprint density at radius 1 is 1.38 bits per heavy atom. The molecule has 0 radical (unpaired) electrons. The fraction of sp³-hybridized carbons (Fsp3) is 0.333. The van der Waals surface area contributed by atoms with Gasteiger partial charge in [-0.2, -0.15) is 8.42 Å². The SMILES string of the molecule is CCN([N+]#N)OS(=O)(=O)c1ccc(C)cc1. The van der Waals surface area contributed by atoms with E-state index in [2.05, 4.69) is 9.37 Å². The second-order valence-corrected chi connectivity index (χ2v) is 4.63. The molecule has 0 saturated carbocycles. The Balaban J connectivity index is 2.95. The first-order chi connectivity index (χ1) is 7.49. The standard InChI is InChI=1S/C9H12N3O3S/c1-3-12(11-10)15-16(13,14)9-6-4-8(2)5-7-9/h4-7H,3H2,1-2H3/q+1. The molecule has 0 amide bonds. The van der Waals surface area contributed by atoms with Crippen molar-refractivity contribution in [3.05, 3.63) is 34.9 Å². The van der Waals surface area contributed by atoms with Crippen LogP contribution in [0.25, 0.3) is 5.08 Å². The highest BCUT2D eigenvalue weighted by Gasteiger charge is 2.24. The topological polar surface area (TPSA) is 74.8 Å². The molecule has 0 saturated heterocycles. The lowest BCUT2D eigenvalue weighted by molar-refractivity contribution is -0.000478. The maximum atomic E-state index is 11.6. The van der Waals surface area contributed by atoms with Crippen molar-refractivity contribution in [1.29, 1.82) is 5.39 Å². The average Bonchev–Trinajstić information content (AvgIpc) is 2.26. The predicted molar refractivity (Wildman–Crippen MR) is 56.9 cm³/mol. The van der Waals surface area contributed by atoms with Crippen LogP contribution in [0.15, 0.2) is 29.2 Å². The van der Waals surface area contributed by atoms with Crippen LogP contribution in [0.3, 0.4) is 0 Å². The first-order valence-electron chi connectivity index (χ1n) is 4.63. The van der Waals surface area contributed by atoms with E-state index in [0.29, 0.717) is 5.17 Å². The summed E-state index contributed by atoms with van der Waals surface area (Å²) in [6.45, 7) is 3.55. The highest BCUT2D eigenvalue weighted by molar-refractivity contribution is 7.86. The number of nitrogens with zero attached hydrogens (tertiary/aromatic N) is 3. The highest BCUT2D eigenvalue weighted by Crippen LogP contribution is 2.14. The van der Waals surface area contributed by atoms with Crippen LogP contribution in [0, 0.1) is 12.3 Å². The van der Waals surface area contributed by atoms with E-state index in [1.54, 1.807) is 19.1 Å². The molecule has 0 atom stereocenters. The minimum atomic E-state index is -3.93. The Morgan fingerprint density at radius 2 is 1.94 bits per heavy atom. The minimum Gasteiger partial charge on any atom is -0.192 e. The van der Waals surface area contributed by atoms with Gasteiger partial charge in [-0.25, -0.2) is 0 Å². The molecule has 6 nitrogen and oxygen atoms in total. The summed E-state index contributed by atoms with van der Waals surface area (Å²) in [7, 11) is -3.93. The first-order valence-corrected chi connectivity index (χ1v) is 6.04. The molecule has 86 valence electrons. The van der Waals surface area contributed by atoms with E-state index >= 15 is 0 Å². The van der Waals surface area contributed by atoms with Crippen LogP contribution in [0.4, 0.5) is 0 Å². The smallest absolute Gasteiger partial charge is 0.192 e. The second kappa shape index (κ2) is 4.92. The molecule has 0 bridgehead atoms. The van der Waals surface area contributed by atoms with E-state index < -0.39 is 10.1 Å². The minimum absolute atomic E-state index is 0.0141. The molecule has 0 aromatic heterocycles. The molecule has 0 spiro atoms. The monoisotopic (exact) mass is 242 g/mol. The maximum absolute atomic E-state index is 11.6. The summed E-state index contributed by atoms with van der Waals surface area (Å²) in [6, 6.07) is 6.16. The molecule has 0 unspecified atom stereocenters. The number of hydrogen-bond acceptors (Lipinski definition) is 5. The number of benzene rings is 1. The Hall–Kier alpha value is -1.65. The van der Waals surface area contributed by atoms with Gasteiger partial charge in [0.05, 0.1) is 4.90 Å². The molecule has 0 aliphatic carbocycles. The molecule has 0 aliphatic rings. The molecule has 0 heterocycles. The molecule has 1 aromatic carbocycles. The third-order valence-electron chi connectivity index (χ3n) is 1.86. The first kappa shape index (κ1) is 12.4. The largest absolute Gasteiger partial charge is 0.335 e. The summed E-state index contributed by atoms with van der Waals surface area (Å²) in [5.74, 6) is 0.